The minimum Gasteiger partial charge on any atom is -0.406 e. The molecule has 0 saturated carbocycles. The fourth-order valence-corrected chi connectivity index (χ4v) is 3.93. The summed E-state index contributed by atoms with van der Waals surface area (Å²) in [5.41, 5.74) is 1.04. The van der Waals surface area contributed by atoms with Crippen molar-refractivity contribution in [2.24, 2.45) is 0 Å². The molecule has 176 valence electrons. The van der Waals surface area contributed by atoms with E-state index in [4.69, 9.17) is 11.6 Å². The van der Waals surface area contributed by atoms with Crippen molar-refractivity contribution in [2.75, 3.05) is 4.90 Å². The summed E-state index contributed by atoms with van der Waals surface area (Å²) in [5, 5.41) is 0.532. The molecule has 0 atom stereocenters. The molecule has 1 aliphatic heterocycles. The summed E-state index contributed by atoms with van der Waals surface area (Å²) in [5.74, 6) is -0.947. The second kappa shape index (κ2) is 8.64. The van der Waals surface area contributed by atoms with Gasteiger partial charge in [0.15, 0.2) is 0 Å². The molecule has 10 heteroatoms. The van der Waals surface area contributed by atoms with E-state index in [0.29, 0.717) is 10.7 Å². The predicted octanol–water partition coefficient (Wildman–Crippen LogP) is 6.05. The van der Waals surface area contributed by atoms with E-state index in [-0.39, 0.29) is 12.2 Å². The molecule has 2 aromatic carbocycles. The van der Waals surface area contributed by atoms with Gasteiger partial charge in [0.1, 0.15) is 11.3 Å². The van der Waals surface area contributed by atoms with Gasteiger partial charge in [0, 0.05) is 23.3 Å². The van der Waals surface area contributed by atoms with Crippen molar-refractivity contribution in [2.45, 2.75) is 32.3 Å². The van der Waals surface area contributed by atoms with Crippen LogP contribution in [0.4, 0.5) is 23.7 Å². The van der Waals surface area contributed by atoms with Gasteiger partial charge in [0.2, 0.25) is 0 Å². The molecule has 1 aliphatic rings. The number of halogens is 4. The largest absolute Gasteiger partial charge is 0.573 e. The molecule has 1 saturated heterocycles. The minimum atomic E-state index is -4.84. The molecule has 4 rings (SSSR count). The first-order valence-corrected chi connectivity index (χ1v) is 10.6. The zero-order valence-corrected chi connectivity index (χ0v) is 18.9. The van der Waals surface area contributed by atoms with Crippen LogP contribution in [0.15, 0.2) is 66.9 Å². The van der Waals surface area contributed by atoms with Crippen LogP contribution < -0.4 is 9.64 Å². The van der Waals surface area contributed by atoms with Gasteiger partial charge >= 0.3 is 12.4 Å². The first-order valence-electron chi connectivity index (χ1n) is 10.2. The maximum Gasteiger partial charge on any atom is 0.573 e. The number of urea groups is 1. The third-order valence-corrected chi connectivity index (χ3v) is 5.80. The number of benzene rings is 2. The molecule has 0 N–H and O–H groups in total. The average Bonchev–Trinajstić information content (AvgIpc) is 2.93. The maximum absolute atomic E-state index is 13.2. The van der Waals surface area contributed by atoms with Gasteiger partial charge < -0.3 is 9.64 Å². The molecule has 2 heterocycles. The Balaban J connectivity index is 1.60. The SMILES string of the molecule is CC1(C)C(=O)N(c2ccc(OC(F)(F)F)cc2)C(=O)N1Cc1ccnc(-c2ccccc2Cl)c1. The molecule has 0 bridgehead atoms. The summed E-state index contributed by atoms with van der Waals surface area (Å²) in [6, 6.07) is 14.7. The molecule has 0 radical (unpaired) electrons. The Morgan fingerprint density at radius 3 is 2.35 bits per heavy atom. The van der Waals surface area contributed by atoms with Crippen LogP contribution in [0.1, 0.15) is 19.4 Å². The van der Waals surface area contributed by atoms with E-state index in [1.165, 1.54) is 17.0 Å². The molecular formula is C24H19ClF3N3O3. The van der Waals surface area contributed by atoms with E-state index < -0.39 is 29.6 Å². The van der Waals surface area contributed by atoms with Crippen LogP contribution in [0, 0.1) is 0 Å². The summed E-state index contributed by atoms with van der Waals surface area (Å²) in [7, 11) is 0. The van der Waals surface area contributed by atoms with Crippen molar-refractivity contribution in [3.05, 3.63) is 77.4 Å². The zero-order chi connectivity index (χ0) is 24.7. The predicted molar refractivity (Wildman–Crippen MR) is 120 cm³/mol. The van der Waals surface area contributed by atoms with E-state index in [0.717, 1.165) is 28.2 Å². The van der Waals surface area contributed by atoms with Gasteiger partial charge in [-0.3, -0.25) is 9.78 Å². The Hall–Kier alpha value is -3.59. The van der Waals surface area contributed by atoms with Gasteiger partial charge in [-0.05, 0) is 61.9 Å². The van der Waals surface area contributed by atoms with Gasteiger partial charge in [-0.15, -0.1) is 13.2 Å². The number of imide groups is 1. The fraction of sp³-hybridized carbons (Fsp3) is 0.208. The highest BCUT2D eigenvalue weighted by Crippen LogP contribution is 2.35. The van der Waals surface area contributed by atoms with E-state index in [2.05, 4.69) is 9.72 Å². The van der Waals surface area contributed by atoms with Crippen LogP contribution in [-0.4, -0.2) is 33.7 Å². The number of hydrogen-bond donors (Lipinski definition) is 0. The number of ether oxygens (including phenoxy) is 1. The molecule has 3 amide bonds. The van der Waals surface area contributed by atoms with Crippen molar-refractivity contribution in [1.29, 1.82) is 0 Å². The van der Waals surface area contributed by atoms with Crippen LogP contribution >= 0.6 is 11.6 Å². The van der Waals surface area contributed by atoms with E-state index >= 15 is 0 Å². The average molecular weight is 490 g/mol. The third-order valence-electron chi connectivity index (χ3n) is 5.47. The number of alkyl halides is 3. The summed E-state index contributed by atoms with van der Waals surface area (Å²) >= 11 is 6.28. The lowest BCUT2D eigenvalue weighted by atomic mass is 10.0. The molecule has 0 spiro atoms. The van der Waals surface area contributed by atoms with Crippen molar-refractivity contribution in [1.82, 2.24) is 9.88 Å². The number of pyridine rings is 1. The number of amides is 3. The van der Waals surface area contributed by atoms with Crippen molar-refractivity contribution in [3.63, 3.8) is 0 Å². The quantitative estimate of drug-likeness (QED) is 0.409. The Kier molecular flexibility index (Phi) is 5.99. The third kappa shape index (κ3) is 4.56. The standard InChI is InChI=1S/C24H19ClF3N3O3/c1-23(2)21(32)31(16-7-9-17(10-8-16)34-24(26,27)28)22(33)30(23)14-15-11-12-29-20(13-15)18-5-3-4-6-19(18)25/h3-13H,14H2,1-2H3. The van der Waals surface area contributed by atoms with E-state index in [9.17, 15) is 22.8 Å². The van der Waals surface area contributed by atoms with E-state index in [1.807, 2.05) is 18.2 Å². The van der Waals surface area contributed by atoms with Crippen LogP contribution in [-0.2, 0) is 11.3 Å². The van der Waals surface area contributed by atoms with Crippen LogP contribution in [0.2, 0.25) is 5.02 Å². The van der Waals surface area contributed by atoms with Crippen molar-refractivity contribution in [3.8, 4) is 17.0 Å². The summed E-state index contributed by atoms with van der Waals surface area (Å²) in [6.45, 7) is 3.35. The fourth-order valence-electron chi connectivity index (χ4n) is 3.70. The van der Waals surface area contributed by atoms with Crippen LogP contribution in [0.5, 0.6) is 5.75 Å². The van der Waals surface area contributed by atoms with Crippen molar-refractivity contribution >= 4 is 29.2 Å². The first kappa shape index (κ1) is 23.6. The van der Waals surface area contributed by atoms with Gasteiger partial charge in [-0.25, -0.2) is 9.69 Å². The highest BCUT2D eigenvalue weighted by molar-refractivity contribution is 6.33. The molecule has 34 heavy (non-hydrogen) atoms. The second-order valence-corrected chi connectivity index (χ2v) is 8.55. The maximum atomic E-state index is 13.2. The lowest BCUT2D eigenvalue weighted by Crippen LogP contribution is -2.43. The Morgan fingerprint density at radius 2 is 1.71 bits per heavy atom. The smallest absolute Gasteiger partial charge is 0.406 e. The highest BCUT2D eigenvalue weighted by Gasteiger charge is 2.51. The van der Waals surface area contributed by atoms with E-state index in [1.54, 1.807) is 38.2 Å². The summed E-state index contributed by atoms with van der Waals surface area (Å²) < 4.78 is 41.1. The highest BCUT2D eigenvalue weighted by atomic mass is 35.5. The van der Waals surface area contributed by atoms with Crippen LogP contribution in [0.25, 0.3) is 11.3 Å². The number of carbonyl (C=O) groups excluding carboxylic acids is 2. The number of carbonyl (C=O) groups is 2. The first-order chi connectivity index (χ1) is 16.0. The lowest BCUT2D eigenvalue weighted by Gasteiger charge is -2.27. The normalized spacial score (nSPS) is 15.7. The van der Waals surface area contributed by atoms with Crippen molar-refractivity contribution < 1.29 is 27.5 Å². The van der Waals surface area contributed by atoms with Gasteiger partial charge in [-0.1, -0.05) is 29.8 Å². The monoisotopic (exact) mass is 489 g/mol. The second-order valence-electron chi connectivity index (χ2n) is 8.14. The Morgan fingerprint density at radius 1 is 1.03 bits per heavy atom. The van der Waals surface area contributed by atoms with Gasteiger partial charge in [-0.2, -0.15) is 0 Å². The Labute approximate surface area is 198 Å². The topological polar surface area (TPSA) is 62.7 Å². The molecule has 6 nitrogen and oxygen atoms in total. The minimum absolute atomic E-state index is 0.114. The summed E-state index contributed by atoms with van der Waals surface area (Å²) in [6.07, 6.45) is -3.24. The number of rotatable bonds is 5. The lowest BCUT2D eigenvalue weighted by molar-refractivity contribution is -0.274. The molecule has 3 aromatic rings. The zero-order valence-electron chi connectivity index (χ0n) is 18.1. The molecule has 1 fully saturated rings. The molecule has 0 aliphatic carbocycles. The number of aromatic nitrogens is 1. The molecule has 0 unspecified atom stereocenters. The summed E-state index contributed by atoms with van der Waals surface area (Å²) in [4.78, 5) is 33.1. The van der Waals surface area contributed by atoms with Gasteiger partial charge in [0.25, 0.3) is 5.91 Å². The number of anilines is 1. The van der Waals surface area contributed by atoms with Gasteiger partial charge in [0.05, 0.1) is 11.4 Å². The number of nitrogens with zero attached hydrogens (tertiary/aromatic N) is 3. The Bertz CT molecular complexity index is 1250. The molecule has 1 aromatic heterocycles. The number of hydrogen-bond acceptors (Lipinski definition) is 4. The molecular weight excluding hydrogens is 471 g/mol. The van der Waals surface area contributed by atoms with Crippen LogP contribution in [0.3, 0.4) is 0 Å².